The molecule has 0 spiro atoms. The average molecular weight is 271 g/mol. The third-order valence-electron chi connectivity index (χ3n) is 4.73. The molecule has 3 atom stereocenters. The molecule has 3 nitrogen and oxygen atoms in total. The molecule has 4 rings (SSSR count). The molecule has 0 bridgehead atoms. The van der Waals surface area contributed by atoms with Crippen LogP contribution in [0.4, 0.5) is 0 Å². The highest BCUT2D eigenvalue weighted by Gasteiger charge is 2.36. The predicted octanol–water partition coefficient (Wildman–Crippen LogP) is 4.16. The maximum Gasteiger partial charge on any atom is 0.117 e. The van der Waals surface area contributed by atoms with Crippen molar-refractivity contribution in [1.82, 2.24) is 5.32 Å². The van der Waals surface area contributed by atoms with Gasteiger partial charge >= 0.3 is 0 Å². The van der Waals surface area contributed by atoms with Crippen LogP contribution in [0.2, 0.25) is 0 Å². The van der Waals surface area contributed by atoms with Gasteiger partial charge in [-0.25, -0.2) is 0 Å². The van der Waals surface area contributed by atoms with E-state index < -0.39 is 0 Å². The lowest BCUT2D eigenvalue weighted by molar-refractivity contribution is 0.384. The fourth-order valence-electron chi connectivity index (χ4n) is 3.33. The molecule has 0 aliphatic heterocycles. The molecule has 2 aliphatic rings. The molecular weight excluding hydrogens is 250 g/mol. The molecule has 2 aromatic rings. The Labute approximate surface area is 119 Å². The number of aryl methyl sites for hydroxylation is 1. The topological polar surface area (TPSA) is 38.3 Å². The maximum atomic E-state index is 5.95. The zero-order valence-corrected chi connectivity index (χ0v) is 11.9. The van der Waals surface area contributed by atoms with Crippen LogP contribution in [0, 0.1) is 5.92 Å². The van der Waals surface area contributed by atoms with E-state index in [1.165, 1.54) is 30.6 Å². The van der Waals surface area contributed by atoms with Crippen molar-refractivity contribution in [3.05, 3.63) is 47.3 Å². The number of hydrogen-bond acceptors (Lipinski definition) is 3. The molecule has 0 amide bonds. The lowest BCUT2D eigenvalue weighted by atomic mass is 9.93. The van der Waals surface area contributed by atoms with Gasteiger partial charge < -0.3 is 14.2 Å². The number of fused-ring (bicyclic) bond motifs is 1. The number of furan rings is 2. The fraction of sp³-hybridized carbons (Fsp3) is 0.529. The third-order valence-corrected chi connectivity index (χ3v) is 4.73. The van der Waals surface area contributed by atoms with Crippen molar-refractivity contribution in [2.75, 3.05) is 0 Å². The summed E-state index contributed by atoms with van der Waals surface area (Å²) in [6.45, 7) is 3.09. The second kappa shape index (κ2) is 4.81. The Kier molecular flexibility index (Phi) is 2.95. The highest BCUT2D eigenvalue weighted by Crippen LogP contribution is 2.47. The van der Waals surface area contributed by atoms with Gasteiger partial charge in [-0.15, -0.1) is 0 Å². The van der Waals surface area contributed by atoms with Crippen molar-refractivity contribution in [3.8, 4) is 0 Å². The Morgan fingerprint density at radius 2 is 2.20 bits per heavy atom. The van der Waals surface area contributed by atoms with Crippen molar-refractivity contribution >= 4 is 0 Å². The monoisotopic (exact) mass is 271 g/mol. The van der Waals surface area contributed by atoms with E-state index in [0.29, 0.717) is 12.0 Å². The van der Waals surface area contributed by atoms with Gasteiger partial charge in [-0.1, -0.05) is 6.92 Å². The highest BCUT2D eigenvalue weighted by molar-refractivity contribution is 5.24. The summed E-state index contributed by atoms with van der Waals surface area (Å²) in [6.07, 6.45) is 6.54. The summed E-state index contributed by atoms with van der Waals surface area (Å²) in [5.74, 6) is 4.84. The molecule has 3 heteroatoms. The van der Waals surface area contributed by atoms with Crippen LogP contribution in [-0.4, -0.2) is 0 Å². The van der Waals surface area contributed by atoms with Gasteiger partial charge in [-0.05, 0) is 43.4 Å². The molecule has 1 N–H and O–H groups in total. The van der Waals surface area contributed by atoms with E-state index in [1.807, 2.05) is 6.26 Å². The first kappa shape index (κ1) is 12.3. The molecule has 3 unspecified atom stereocenters. The summed E-state index contributed by atoms with van der Waals surface area (Å²) in [5.41, 5.74) is 1.33. The van der Waals surface area contributed by atoms with Crippen LogP contribution in [0.25, 0.3) is 0 Å². The molecule has 0 saturated heterocycles. The molecule has 2 heterocycles. The second-order valence-corrected chi connectivity index (χ2v) is 6.25. The zero-order valence-electron chi connectivity index (χ0n) is 11.9. The van der Waals surface area contributed by atoms with E-state index in [1.54, 1.807) is 0 Å². The molecule has 2 aliphatic carbocycles. The molecule has 0 aromatic carbocycles. The van der Waals surface area contributed by atoms with Crippen molar-refractivity contribution in [2.45, 2.75) is 51.1 Å². The molecule has 0 radical (unpaired) electrons. The quantitative estimate of drug-likeness (QED) is 0.907. The minimum atomic E-state index is 0.408. The van der Waals surface area contributed by atoms with E-state index in [2.05, 4.69) is 30.4 Å². The van der Waals surface area contributed by atoms with E-state index in [-0.39, 0.29) is 0 Å². The molecule has 1 fully saturated rings. The Bertz CT molecular complexity index is 598. The van der Waals surface area contributed by atoms with Gasteiger partial charge in [0.05, 0.1) is 12.8 Å². The zero-order chi connectivity index (χ0) is 13.5. The number of nitrogens with one attached hydrogen (secondary N) is 1. The molecular formula is C17H21NO2. The van der Waals surface area contributed by atoms with Crippen LogP contribution in [0.3, 0.4) is 0 Å². The van der Waals surface area contributed by atoms with Crippen molar-refractivity contribution < 1.29 is 8.83 Å². The smallest absolute Gasteiger partial charge is 0.117 e. The van der Waals surface area contributed by atoms with Crippen LogP contribution < -0.4 is 5.32 Å². The Balaban J connectivity index is 1.40. The molecule has 20 heavy (non-hydrogen) atoms. The lowest BCUT2D eigenvalue weighted by Gasteiger charge is -2.22. The van der Waals surface area contributed by atoms with Crippen molar-refractivity contribution in [3.63, 3.8) is 0 Å². The van der Waals surface area contributed by atoms with E-state index in [9.17, 15) is 0 Å². The van der Waals surface area contributed by atoms with Crippen molar-refractivity contribution in [2.24, 2.45) is 5.92 Å². The van der Waals surface area contributed by atoms with Gasteiger partial charge in [0.2, 0.25) is 0 Å². The Morgan fingerprint density at radius 1 is 1.30 bits per heavy atom. The van der Waals surface area contributed by atoms with Gasteiger partial charge in [0.15, 0.2) is 0 Å². The number of hydrogen-bond donors (Lipinski definition) is 1. The van der Waals surface area contributed by atoms with Crippen molar-refractivity contribution in [1.29, 1.82) is 0 Å². The normalized spacial score (nSPS) is 28.4. The number of rotatable bonds is 4. The van der Waals surface area contributed by atoms with Gasteiger partial charge in [0.1, 0.15) is 17.3 Å². The summed E-state index contributed by atoms with van der Waals surface area (Å²) in [5, 5.41) is 3.61. The van der Waals surface area contributed by atoms with Crippen LogP contribution >= 0.6 is 0 Å². The molecule has 1 saturated carbocycles. The SMILES string of the molecule is CC1CC1c1ccc(CNC2CCCc3occc32)o1. The Morgan fingerprint density at radius 3 is 3.05 bits per heavy atom. The fourth-order valence-corrected chi connectivity index (χ4v) is 3.33. The maximum absolute atomic E-state index is 5.95. The van der Waals surface area contributed by atoms with Gasteiger partial charge in [0, 0.05) is 23.9 Å². The largest absolute Gasteiger partial charge is 0.469 e. The van der Waals surface area contributed by atoms with Crippen LogP contribution in [-0.2, 0) is 13.0 Å². The summed E-state index contributed by atoms with van der Waals surface area (Å²) < 4.78 is 11.5. The molecule has 2 aromatic heterocycles. The van der Waals surface area contributed by atoms with E-state index in [0.717, 1.165) is 30.4 Å². The van der Waals surface area contributed by atoms with Gasteiger partial charge in [0.25, 0.3) is 0 Å². The first-order valence-corrected chi connectivity index (χ1v) is 7.69. The van der Waals surface area contributed by atoms with Crippen LogP contribution in [0.1, 0.15) is 61.0 Å². The average Bonchev–Trinajstić information content (AvgIpc) is 2.91. The minimum Gasteiger partial charge on any atom is -0.469 e. The van der Waals surface area contributed by atoms with Crippen LogP contribution in [0.5, 0.6) is 0 Å². The summed E-state index contributed by atoms with van der Waals surface area (Å²) in [7, 11) is 0. The second-order valence-electron chi connectivity index (χ2n) is 6.25. The summed E-state index contributed by atoms with van der Waals surface area (Å²) in [4.78, 5) is 0. The lowest BCUT2D eigenvalue weighted by Crippen LogP contribution is -2.23. The third kappa shape index (κ3) is 2.20. The van der Waals surface area contributed by atoms with Gasteiger partial charge in [-0.3, -0.25) is 0 Å². The first-order valence-electron chi connectivity index (χ1n) is 7.69. The predicted molar refractivity (Wildman–Crippen MR) is 76.5 cm³/mol. The minimum absolute atomic E-state index is 0.408. The summed E-state index contributed by atoms with van der Waals surface area (Å²) in [6, 6.07) is 6.78. The van der Waals surface area contributed by atoms with E-state index >= 15 is 0 Å². The van der Waals surface area contributed by atoms with E-state index in [4.69, 9.17) is 8.83 Å². The highest BCUT2D eigenvalue weighted by atomic mass is 16.3. The Hall–Kier alpha value is -1.48. The van der Waals surface area contributed by atoms with Crippen LogP contribution in [0.15, 0.2) is 33.3 Å². The first-order chi connectivity index (χ1) is 9.81. The molecule has 106 valence electrons. The summed E-state index contributed by atoms with van der Waals surface area (Å²) >= 11 is 0. The van der Waals surface area contributed by atoms with Gasteiger partial charge in [-0.2, -0.15) is 0 Å². The standard InChI is InChI=1S/C17H21NO2/c1-11-9-14(11)17-6-5-12(20-17)10-18-15-3-2-4-16-13(15)7-8-19-16/h5-8,11,14-15,18H,2-4,9-10H2,1H3.